The molecule has 0 radical (unpaired) electrons. The van der Waals surface area contributed by atoms with Crippen molar-refractivity contribution < 1.29 is 14.6 Å². The van der Waals surface area contributed by atoms with E-state index >= 15 is 0 Å². The summed E-state index contributed by atoms with van der Waals surface area (Å²) in [4.78, 5) is 10.8. The predicted molar refractivity (Wildman–Crippen MR) is 72.4 cm³/mol. The number of aryl methyl sites for hydroxylation is 1. The topological polar surface area (TPSA) is 46.5 Å². The van der Waals surface area contributed by atoms with Crippen LogP contribution in [0.2, 0.25) is 0 Å². The lowest BCUT2D eigenvalue weighted by Crippen LogP contribution is -1.96. The molecule has 0 atom stereocenters. The molecule has 0 saturated carbocycles. The first-order valence-corrected chi connectivity index (χ1v) is 6.13. The van der Waals surface area contributed by atoms with E-state index in [0.717, 1.165) is 10.0 Å². The molecule has 2 aromatic rings. The number of benzene rings is 2. The summed E-state index contributed by atoms with van der Waals surface area (Å²) in [5.74, 6) is 0.224. The molecular weight excluding hydrogens is 296 g/mol. The standard InChI is InChI=1S/C14H11BrO3/c1-9-7-12(5-6-13(9)15)18-11-4-2-3-10(8-11)14(16)17/h2-8H,1H3,(H,16,17). The van der Waals surface area contributed by atoms with E-state index < -0.39 is 5.97 Å². The Morgan fingerprint density at radius 3 is 2.56 bits per heavy atom. The minimum Gasteiger partial charge on any atom is -0.478 e. The summed E-state index contributed by atoms with van der Waals surface area (Å²) in [6.07, 6.45) is 0. The van der Waals surface area contributed by atoms with E-state index in [2.05, 4.69) is 15.9 Å². The summed E-state index contributed by atoms with van der Waals surface area (Å²) in [5.41, 5.74) is 1.27. The van der Waals surface area contributed by atoms with Crippen molar-refractivity contribution in [3.8, 4) is 11.5 Å². The van der Waals surface area contributed by atoms with Crippen LogP contribution in [0.15, 0.2) is 46.9 Å². The van der Waals surface area contributed by atoms with Gasteiger partial charge in [0.05, 0.1) is 5.56 Å². The smallest absolute Gasteiger partial charge is 0.335 e. The van der Waals surface area contributed by atoms with E-state index in [0.29, 0.717) is 11.5 Å². The third-order valence-corrected chi connectivity index (χ3v) is 3.34. The Balaban J connectivity index is 2.25. The lowest BCUT2D eigenvalue weighted by atomic mass is 10.2. The van der Waals surface area contributed by atoms with Crippen LogP contribution in [0.1, 0.15) is 15.9 Å². The van der Waals surface area contributed by atoms with Crippen molar-refractivity contribution in [1.29, 1.82) is 0 Å². The highest BCUT2D eigenvalue weighted by molar-refractivity contribution is 9.10. The number of aromatic carboxylic acids is 1. The Hall–Kier alpha value is -1.81. The van der Waals surface area contributed by atoms with Crippen LogP contribution in [-0.4, -0.2) is 11.1 Å². The fourth-order valence-corrected chi connectivity index (χ4v) is 1.76. The molecule has 2 rings (SSSR count). The summed E-state index contributed by atoms with van der Waals surface area (Å²) in [5, 5.41) is 8.89. The molecule has 0 aliphatic heterocycles. The molecular formula is C14H11BrO3. The first-order chi connectivity index (χ1) is 8.56. The second kappa shape index (κ2) is 5.23. The minimum atomic E-state index is -0.965. The van der Waals surface area contributed by atoms with Crippen molar-refractivity contribution in [1.82, 2.24) is 0 Å². The maximum Gasteiger partial charge on any atom is 0.335 e. The van der Waals surface area contributed by atoms with Gasteiger partial charge in [0.2, 0.25) is 0 Å². The molecule has 0 saturated heterocycles. The summed E-state index contributed by atoms with van der Waals surface area (Å²) in [6, 6.07) is 12.0. The van der Waals surface area contributed by atoms with Gasteiger partial charge < -0.3 is 9.84 Å². The van der Waals surface area contributed by atoms with Crippen molar-refractivity contribution in [2.45, 2.75) is 6.92 Å². The monoisotopic (exact) mass is 306 g/mol. The number of carboxylic acids is 1. The van der Waals surface area contributed by atoms with Crippen LogP contribution in [0.25, 0.3) is 0 Å². The Labute approximate surface area is 113 Å². The number of hydrogen-bond acceptors (Lipinski definition) is 2. The van der Waals surface area contributed by atoms with Crippen LogP contribution >= 0.6 is 15.9 Å². The van der Waals surface area contributed by atoms with Crippen LogP contribution in [0.3, 0.4) is 0 Å². The van der Waals surface area contributed by atoms with Crippen LogP contribution in [0.4, 0.5) is 0 Å². The molecule has 18 heavy (non-hydrogen) atoms. The van der Waals surface area contributed by atoms with Gasteiger partial charge in [-0.05, 0) is 48.9 Å². The zero-order valence-electron chi connectivity index (χ0n) is 9.68. The average Bonchev–Trinajstić information content (AvgIpc) is 2.34. The lowest BCUT2D eigenvalue weighted by Gasteiger charge is -2.07. The van der Waals surface area contributed by atoms with Gasteiger partial charge in [0.25, 0.3) is 0 Å². The molecule has 0 aliphatic carbocycles. The van der Waals surface area contributed by atoms with Gasteiger partial charge in [0.1, 0.15) is 11.5 Å². The van der Waals surface area contributed by atoms with Crippen molar-refractivity contribution in [3.63, 3.8) is 0 Å². The Morgan fingerprint density at radius 1 is 1.17 bits per heavy atom. The fraction of sp³-hybridized carbons (Fsp3) is 0.0714. The third-order valence-electron chi connectivity index (χ3n) is 2.45. The SMILES string of the molecule is Cc1cc(Oc2cccc(C(=O)O)c2)ccc1Br. The van der Waals surface area contributed by atoms with Gasteiger partial charge in [0.15, 0.2) is 0 Å². The van der Waals surface area contributed by atoms with Gasteiger partial charge in [0, 0.05) is 4.47 Å². The molecule has 92 valence electrons. The zero-order chi connectivity index (χ0) is 13.1. The summed E-state index contributed by atoms with van der Waals surface area (Å²) in [6.45, 7) is 1.96. The minimum absolute atomic E-state index is 0.210. The van der Waals surface area contributed by atoms with Crippen LogP contribution < -0.4 is 4.74 Å². The number of hydrogen-bond donors (Lipinski definition) is 1. The van der Waals surface area contributed by atoms with E-state index in [1.165, 1.54) is 12.1 Å². The highest BCUT2D eigenvalue weighted by Crippen LogP contribution is 2.26. The summed E-state index contributed by atoms with van der Waals surface area (Å²) in [7, 11) is 0. The molecule has 0 aliphatic rings. The quantitative estimate of drug-likeness (QED) is 0.922. The Bertz CT molecular complexity index is 593. The summed E-state index contributed by atoms with van der Waals surface area (Å²) < 4.78 is 6.63. The first kappa shape index (κ1) is 12.6. The molecule has 0 amide bonds. The summed E-state index contributed by atoms with van der Waals surface area (Å²) >= 11 is 3.41. The van der Waals surface area contributed by atoms with E-state index in [-0.39, 0.29) is 5.56 Å². The van der Waals surface area contributed by atoms with E-state index in [9.17, 15) is 4.79 Å². The maximum absolute atomic E-state index is 10.8. The highest BCUT2D eigenvalue weighted by Gasteiger charge is 2.05. The van der Waals surface area contributed by atoms with Gasteiger partial charge >= 0.3 is 5.97 Å². The van der Waals surface area contributed by atoms with Gasteiger partial charge in [-0.15, -0.1) is 0 Å². The second-order valence-corrected chi connectivity index (χ2v) is 4.70. The van der Waals surface area contributed by atoms with Crippen molar-refractivity contribution in [2.75, 3.05) is 0 Å². The van der Waals surface area contributed by atoms with Crippen LogP contribution in [0, 0.1) is 6.92 Å². The van der Waals surface area contributed by atoms with Crippen LogP contribution in [0.5, 0.6) is 11.5 Å². The average molecular weight is 307 g/mol. The number of halogens is 1. The molecule has 1 N–H and O–H groups in total. The lowest BCUT2D eigenvalue weighted by molar-refractivity contribution is 0.0696. The zero-order valence-corrected chi connectivity index (χ0v) is 11.3. The predicted octanol–water partition coefficient (Wildman–Crippen LogP) is 4.25. The number of carboxylic acid groups (broad SMARTS) is 1. The largest absolute Gasteiger partial charge is 0.478 e. The first-order valence-electron chi connectivity index (χ1n) is 5.33. The molecule has 0 bridgehead atoms. The number of carbonyl (C=O) groups is 1. The molecule has 0 fully saturated rings. The molecule has 2 aromatic carbocycles. The molecule has 0 heterocycles. The van der Waals surface area contributed by atoms with E-state index in [1.807, 2.05) is 25.1 Å². The van der Waals surface area contributed by atoms with Crippen LogP contribution in [-0.2, 0) is 0 Å². The van der Waals surface area contributed by atoms with Crippen molar-refractivity contribution in [2.24, 2.45) is 0 Å². The second-order valence-electron chi connectivity index (χ2n) is 3.85. The van der Waals surface area contributed by atoms with Crippen molar-refractivity contribution in [3.05, 3.63) is 58.1 Å². The Kier molecular flexibility index (Phi) is 3.67. The Morgan fingerprint density at radius 2 is 1.89 bits per heavy atom. The van der Waals surface area contributed by atoms with Crippen molar-refractivity contribution >= 4 is 21.9 Å². The molecule has 4 heteroatoms. The normalized spacial score (nSPS) is 10.1. The molecule has 0 spiro atoms. The van der Waals surface area contributed by atoms with E-state index in [1.54, 1.807) is 12.1 Å². The maximum atomic E-state index is 10.8. The molecule has 0 unspecified atom stereocenters. The number of rotatable bonds is 3. The molecule has 3 nitrogen and oxygen atoms in total. The number of ether oxygens (including phenoxy) is 1. The van der Waals surface area contributed by atoms with Gasteiger partial charge in [-0.2, -0.15) is 0 Å². The van der Waals surface area contributed by atoms with E-state index in [4.69, 9.17) is 9.84 Å². The van der Waals surface area contributed by atoms with Gasteiger partial charge in [-0.1, -0.05) is 22.0 Å². The molecule has 0 aromatic heterocycles. The van der Waals surface area contributed by atoms with Gasteiger partial charge in [-0.25, -0.2) is 4.79 Å². The van der Waals surface area contributed by atoms with Gasteiger partial charge in [-0.3, -0.25) is 0 Å². The third kappa shape index (κ3) is 2.90. The highest BCUT2D eigenvalue weighted by atomic mass is 79.9. The fourth-order valence-electron chi connectivity index (χ4n) is 1.51.